The molecule has 4 aliphatic rings. The van der Waals surface area contributed by atoms with Gasteiger partial charge in [0.25, 0.3) is 0 Å². The molecule has 2 saturated heterocycles. The number of hydrogen-bond donors (Lipinski definition) is 0. The molecule has 2 saturated carbocycles. The Labute approximate surface area is 134 Å². The molecule has 5 atom stereocenters. The fourth-order valence-electron chi connectivity index (χ4n) is 5.10. The molecule has 0 radical (unpaired) electrons. The van der Waals surface area contributed by atoms with Crippen LogP contribution in [0.3, 0.4) is 0 Å². The van der Waals surface area contributed by atoms with Gasteiger partial charge >= 0.3 is 0 Å². The molecule has 0 N–H and O–H groups in total. The highest BCUT2D eigenvalue weighted by atomic mass is 16.8. The van der Waals surface area contributed by atoms with Gasteiger partial charge in [0.15, 0.2) is 5.79 Å². The molecule has 0 amide bonds. The lowest BCUT2D eigenvalue weighted by Crippen LogP contribution is -2.42. The molecule has 2 aliphatic carbocycles. The molecule has 0 aromatic heterocycles. The predicted octanol–water partition coefficient (Wildman–Crippen LogP) is 4.35. The second kappa shape index (κ2) is 5.61. The summed E-state index contributed by atoms with van der Waals surface area (Å²) in [6.45, 7) is 4.57. The summed E-state index contributed by atoms with van der Waals surface area (Å²) in [6.07, 6.45) is 15.9. The summed E-state index contributed by atoms with van der Waals surface area (Å²) in [6, 6.07) is 0. The van der Waals surface area contributed by atoms with E-state index in [0.717, 1.165) is 38.5 Å². The molecular formula is C19H30O3. The molecule has 2 bridgehead atoms. The SMILES string of the molecule is CC/C=C/C[C@@H]1O[C@@H]2C[C@@]1(C)C[C@H]1OC3(CCCCC3)OC21. The highest BCUT2D eigenvalue weighted by molar-refractivity contribution is 5.08. The lowest BCUT2D eigenvalue weighted by molar-refractivity contribution is -0.204. The Morgan fingerprint density at radius 1 is 1.00 bits per heavy atom. The molecule has 2 aliphatic heterocycles. The Morgan fingerprint density at radius 2 is 1.77 bits per heavy atom. The maximum absolute atomic E-state index is 6.49. The first-order valence-corrected chi connectivity index (χ1v) is 9.30. The molecule has 0 aromatic rings. The van der Waals surface area contributed by atoms with Crippen LogP contribution in [0.4, 0.5) is 0 Å². The Bertz CT molecular complexity index is 440. The number of hydrogen-bond acceptors (Lipinski definition) is 3. The minimum absolute atomic E-state index is 0.173. The summed E-state index contributed by atoms with van der Waals surface area (Å²) in [5.74, 6) is -0.268. The monoisotopic (exact) mass is 306 g/mol. The van der Waals surface area contributed by atoms with Crippen LogP contribution in [0.2, 0.25) is 0 Å². The third kappa shape index (κ3) is 2.46. The average molecular weight is 306 g/mol. The molecule has 0 aromatic carbocycles. The number of fused-ring (bicyclic) bond motifs is 4. The van der Waals surface area contributed by atoms with Gasteiger partial charge in [0.05, 0.1) is 18.3 Å². The summed E-state index contributed by atoms with van der Waals surface area (Å²) in [5, 5.41) is 0. The van der Waals surface area contributed by atoms with Crippen molar-refractivity contribution in [3.8, 4) is 0 Å². The first kappa shape index (κ1) is 15.2. The molecule has 3 nitrogen and oxygen atoms in total. The summed E-state index contributed by atoms with van der Waals surface area (Å²) < 4.78 is 19.4. The van der Waals surface area contributed by atoms with Crippen molar-refractivity contribution in [2.75, 3.05) is 0 Å². The number of rotatable bonds is 3. The summed E-state index contributed by atoms with van der Waals surface area (Å²) >= 11 is 0. The fourth-order valence-corrected chi connectivity index (χ4v) is 5.10. The van der Waals surface area contributed by atoms with Crippen molar-refractivity contribution in [3.05, 3.63) is 12.2 Å². The van der Waals surface area contributed by atoms with Crippen molar-refractivity contribution in [3.63, 3.8) is 0 Å². The fraction of sp³-hybridized carbons (Fsp3) is 0.895. The molecular weight excluding hydrogens is 276 g/mol. The zero-order valence-electron chi connectivity index (χ0n) is 14.1. The number of allylic oxidation sites excluding steroid dienone is 1. The minimum atomic E-state index is -0.268. The number of ether oxygens (including phenoxy) is 3. The predicted molar refractivity (Wildman–Crippen MR) is 85.6 cm³/mol. The Morgan fingerprint density at radius 3 is 2.55 bits per heavy atom. The van der Waals surface area contributed by atoms with E-state index in [-0.39, 0.29) is 29.5 Å². The van der Waals surface area contributed by atoms with Gasteiger partial charge in [-0.25, -0.2) is 0 Å². The van der Waals surface area contributed by atoms with Crippen molar-refractivity contribution in [2.24, 2.45) is 5.41 Å². The van der Waals surface area contributed by atoms with Crippen LogP contribution in [0.5, 0.6) is 0 Å². The smallest absolute Gasteiger partial charge is 0.169 e. The second-order valence-corrected chi connectivity index (χ2v) is 8.05. The maximum Gasteiger partial charge on any atom is 0.169 e. The van der Waals surface area contributed by atoms with Crippen LogP contribution in [0, 0.1) is 5.41 Å². The van der Waals surface area contributed by atoms with Crippen LogP contribution in [-0.4, -0.2) is 30.2 Å². The summed E-state index contributed by atoms with van der Waals surface area (Å²) in [7, 11) is 0. The van der Waals surface area contributed by atoms with E-state index >= 15 is 0 Å². The molecule has 4 rings (SSSR count). The van der Waals surface area contributed by atoms with Crippen molar-refractivity contribution in [2.45, 2.75) is 102 Å². The second-order valence-electron chi connectivity index (χ2n) is 8.05. The van der Waals surface area contributed by atoms with Crippen molar-refractivity contribution in [1.29, 1.82) is 0 Å². The minimum Gasteiger partial charge on any atom is -0.371 e. The molecule has 3 heteroatoms. The average Bonchev–Trinajstić information content (AvgIpc) is 2.97. The van der Waals surface area contributed by atoms with Crippen LogP contribution >= 0.6 is 0 Å². The molecule has 4 fully saturated rings. The van der Waals surface area contributed by atoms with Crippen molar-refractivity contribution in [1.82, 2.24) is 0 Å². The third-order valence-electron chi connectivity index (χ3n) is 6.27. The first-order chi connectivity index (χ1) is 10.6. The zero-order chi connectivity index (χ0) is 15.2. The molecule has 124 valence electrons. The van der Waals surface area contributed by atoms with Gasteiger partial charge in [-0.2, -0.15) is 0 Å². The zero-order valence-corrected chi connectivity index (χ0v) is 14.1. The maximum atomic E-state index is 6.49. The van der Waals surface area contributed by atoms with Crippen LogP contribution in [0.25, 0.3) is 0 Å². The third-order valence-corrected chi connectivity index (χ3v) is 6.27. The molecule has 1 unspecified atom stereocenters. The van der Waals surface area contributed by atoms with Gasteiger partial charge in [-0.3, -0.25) is 0 Å². The standard InChI is InChI=1S/C19H30O3/c1-3-4-6-9-16-18(2)12-14(20-16)17-15(13-18)21-19(22-17)10-7-5-8-11-19/h4,6,14-17H,3,5,7-13H2,1-2H3/b6-4+/t14-,15-,16+,17?,18+/m1/s1. The van der Waals surface area contributed by atoms with E-state index in [1.165, 1.54) is 19.3 Å². The van der Waals surface area contributed by atoms with E-state index in [1.807, 2.05) is 0 Å². The van der Waals surface area contributed by atoms with E-state index in [9.17, 15) is 0 Å². The van der Waals surface area contributed by atoms with Crippen LogP contribution in [-0.2, 0) is 14.2 Å². The molecule has 2 heterocycles. The van der Waals surface area contributed by atoms with Crippen LogP contribution in [0.1, 0.15) is 71.6 Å². The van der Waals surface area contributed by atoms with E-state index in [0.29, 0.717) is 6.10 Å². The van der Waals surface area contributed by atoms with Crippen LogP contribution < -0.4 is 0 Å². The van der Waals surface area contributed by atoms with Gasteiger partial charge in [-0.05, 0) is 43.9 Å². The van der Waals surface area contributed by atoms with E-state index < -0.39 is 0 Å². The Kier molecular flexibility index (Phi) is 3.87. The highest BCUT2D eigenvalue weighted by Gasteiger charge is 2.61. The lowest BCUT2D eigenvalue weighted by Gasteiger charge is -2.35. The lowest BCUT2D eigenvalue weighted by atomic mass is 9.70. The normalized spacial score (nSPS) is 46.5. The van der Waals surface area contributed by atoms with Crippen molar-refractivity contribution >= 4 is 0 Å². The van der Waals surface area contributed by atoms with Gasteiger partial charge < -0.3 is 14.2 Å². The Hall–Kier alpha value is -0.380. The highest BCUT2D eigenvalue weighted by Crippen LogP contribution is 2.55. The molecule has 22 heavy (non-hydrogen) atoms. The first-order valence-electron chi connectivity index (χ1n) is 9.30. The molecule has 1 spiro atoms. The summed E-state index contributed by atoms with van der Waals surface area (Å²) in [5.41, 5.74) is 0.257. The van der Waals surface area contributed by atoms with Gasteiger partial charge in [0.2, 0.25) is 0 Å². The summed E-state index contributed by atoms with van der Waals surface area (Å²) in [4.78, 5) is 0. The van der Waals surface area contributed by atoms with Gasteiger partial charge in [-0.1, -0.05) is 32.4 Å². The quantitative estimate of drug-likeness (QED) is 0.725. The largest absolute Gasteiger partial charge is 0.371 e. The van der Waals surface area contributed by atoms with E-state index in [4.69, 9.17) is 14.2 Å². The van der Waals surface area contributed by atoms with Crippen molar-refractivity contribution < 1.29 is 14.2 Å². The van der Waals surface area contributed by atoms with Gasteiger partial charge in [-0.15, -0.1) is 0 Å². The Balaban J connectivity index is 1.47. The van der Waals surface area contributed by atoms with E-state index in [1.54, 1.807) is 0 Å². The van der Waals surface area contributed by atoms with Gasteiger partial charge in [0, 0.05) is 12.8 Å². The van der Waals surface area contributed by atoms with Crippen LogP contribution in [0.15, 0.2) is 12.2 Å². The van der Waals surface area contributed by atoms with Gasteiger partial charge in [0.1, 0.15) is 6.10 Å². The topological polar surface area (TPSA) is 27.7 Å². The van der Waals surface area contributed by atoms with E-state index in [2.05, 4.69) is 26.0 Å².